The zero-order valence-electron chi connectivity index (χ0n) is 20.2. The number of hydrogen-bond acceptors (Lipinski definition) is 7. The monoisotopic (exact) mass is 535 g/mol. The molecular weight excluding hydrogens is 515 g/mol. The van der Waals surface area contributed by atoms with Crippen LogP contribution in [0.1, 0.15) is 12.0 Å². The summed E-state index contributed by atoms with van der Waals surface area (Å²) in [5.74, 6) is 0.399. The first-order chi connectivity index (χ1) is 18.7. The normalized spacial score (nSPS) is 19.1. The summed E-state index contributed by atoms with van der Waals surface area (Å²) in [7, 11) is 0. The number of hydrogen-bond donors (Lipinski definition) is 2. The van der Waals surface area contributed by atoms with Gasteiger partial charge in [0.05, 0.1) is 28.5 Å². The maximum atomic E-state index is 13.3. The average molecular weight is 535 g/mol. The largest absolute Gasteiger partial charge is 0.487 e. The SMILES string of the molecule is O=c1[nH]c2cc(-c3ncc(C(F)(F)F)cn3)cc3c2nc1-c1cccc2c(=O)n([nH]c12)CCN1CC[C@@H](C1)O3. The van der Waals surface area contributed by atoms with Crippen molar-refractivity contribution in [2.75, 3.05) is 19.6 Å². The summed E-state index contributed by atoms with van der Waals surface area (Å²) in [4.78, 5) is 43.9. The van der Waals surface area contributed by atoms with Gasteiger partial charge in [-0.3, -0.25) is 24.3 Å². The minimum Gasteiger partial charge on any atom is -0.487 e. The van der Waals surface area contributed by atoms with Crippen LogP contribution in [0.3, 0.4) is 0 Å². The number of benzene rings is 2. The quantitative estimate of drug-likeness (QED) is 0.338. The topological polar surface area (TPSA) is 122 Å². The Hall–Kier alpha value is -4.52. The van der Waals surface area contributed by atoms with Gasteiger partial charge in [-0.2, -0.15) is 13.2 Å². The minimum atomic E-state index is -4.56. The third-order valence-corrected chi connectivity index (χ3v) is 7.20. The number of halogens is 3. The second kappa shape index (κ2) is 8.50. The van der Waals surface area contributed by atoms with Crippen LogP contribution in [0.5, 0.6) is 5.75 Å². The van der Waals surface area contributed by atoms with Crippen LogP contribution < -0.4 is 15.9 Å². The molecule has 0 aliphatic carbocycles. The van der Waals surface area contributed by atoms with Crippen molar-refractivity contribution in [1.82, 2.24) is 34.6 Å². The first-order valence-corrected chi connectivity index (χ1v) is 12.3. The maximum Gasteiger partial charge on any atom is 0.419 e. The molecular formula is C26H20F3N7O3. The van der Waals surface area contributed by atoms with Crippen LogP contribution in [0.2, 0.25) is 0 Å². The van der Waals surface area contributed by atoms with Gasteiger partial charge in [-0.15, -0.1) is 0 Å². The van der Waals surface area contributed by atoms with Gasteiger partial charge >= 0.3 is 6.18 Å². The Kier molecular flexibility index (Phi) is 5.14. The Morgan fingerprint density at radius 3 is 2.67 bits per heavy atom. The highest BCUT2D eigenvalue weighted by molar-refractivity contribution is 5.94. The number of ether oxygens (including phenoxy) is 1. The van der Waals surface area contributed by atoms with E-state index in [-0.39, 0.29) is 23.2 Å². The molecule has 13 heteroatoms. The molecule has 0 spiro atoms. The number of fused-ring (bicyclic) bond motifs is 5. The van der Waals surface area contributed by atoms with Crippen LogP contribution in [-0.4, -0.2) is 60.4 Å². The Balaban J connectivity index is 1.45. The van der Waals surface area contributed by atoms with Crippen molar-refractivity contribution < 1.29 is 17.9 Å². The highest BCUT2D eigenvalue weighted by atomic mass is 19.4. The van der Waals surface area contributed by atoms with E-state index in [0.29, 0.717) is 58.4 Å². The van der Waals surface area contributed by atoms with Gasteiger partial charge in [0.15, 0.2) is 5.82 Å². The zero-order valence-corrected chi connectivity index (χ0v) is 20.2. The molecule has 5 heterocycles. The molecule has 5 aromatic rings. The van der Waals surface area contributed by atoms with Crippen molar-refractivity contribution >= 4 is 21.9 Å². The number of alkyl halides is 3. The highest BCUT2D eigenvalue weighted by Gasteiger charge is 2.32. The fourth-order valence-electron chi connectivity index (χ4n) is 5.24. The molecule has 1 saturated heterocycles. The van der Waals surface area contributed by atoms with E-state index in [9.17, 15) is 22.8 Å². The summed E-state index contributed by atoms with van der Waals surface area (Å²) in [5, 5.41) is 3.61. The number of rotatable bonds is 1. The van der Waals surface area contributed by atoms with E-state index >= 15 is 0 Å². The van der Waals surface area contributed by atoms with Gasteiger partial charge in [-0.25, -0.2) is 15.0 Å². The molecule has 0 saturated carbocycles. The molecule has 6 bridgehead atoms. The van der Waals surface area contributed by atoms with E-state index in [0.717, 1.165) is 25.4 Å². The fraction of sp³-hybridized carbons (Fsp3) is 0.269. The molecule has 39 heavy (non-hydrogen) atoms. The molecule has 2 N–H and O–H groups in total. The predicted molar refractivity (Wildman–Crippen MR) is 135 cm³/mol. The van der Waals surface area contributed by atoms with Gasteiger partial charge < -0.3 is 9.72 Å². The maximum absolute atomic E-state index is 13.3. The van der Waals surface area contributed by atoms with Gasteiger partial charge in [0.25, 0.3) is 11.1 Å². The molecule has 7 rings (SSSR count). The van der Waals surface area contributed by atoms with Crippen LogP contribution in [0.25, 0.3) is 44.6 Å². The lowest BCUT2D eigenvalue weighted by molar-refractivity contribution is -0.138. The number of H-pyrrole nitrogens is 2. The first-order valence-electron chi connectivity index (χ1n) is 12.3. The number of para-hydroxylation sites is 1. The van der Waals surface area contributed by atoms with Crippen molar-refractivity contribution in [2.45, 2.75) is 25.2 Å². The predicted octanol–water partition coefficient (Wildman–Crippen LogP) is 3.18. The molecule has 2 aliphatic rings. The summed E-state index contributed by atoms with van der Waals surface area (Å²) in [6, 6.07) is 8.32. The summed E-state index contributed by atoms with van der Waals surface area (Å²) < 4.78 is 47.0. The van der Waals surface area contributed by atoms with Crippen molar-refractivity contribution in [1.29, 1.82) is 0 Å². The third kappa shape index (κ3) is 3.96. The minimum absolute atomic E-state index is 0.0470. The van der Waals surface area contributed by atoms with E-state index in [1.807, 2.05) is 0 Å². The molecule has 2 aromatic carbocycles. The molecule has 1 fully saturated rings. The summed E-state index contributed by atoms with van der Waals surface area (Å²) >= 11 is 0. The highest BCUT2D eigenvalue weighted by Crippen LogP contribution is 2.34. The van der Waals surface area contributed by atoms with E-state index < -0.39 is 17.3 Å². The van der Waals surface area contributed by atoms with Gasteiger partial charge in [0.2, 0.25) is 0 Å². The first kappa shape index (κ1) is 23.6. The van der Waals surface area contributed by atoms with Crippen LogP contribution >= 0.6 is 0 Å². The van der Waals surface area contributed by atoms with Crippen molar-refractivity contribution in [3.8, 4) is 28.4 Å². The Bertz CT molecular complexity index is 1880. The van der Waals surface area contributed by atoms with Crippen molar-refractivity contribution in [2.24, 2.45) is 0 Å². The number of aromatic amines is 2. The van der Waals surface area contributed by atoms with Gasteiger partial charge in [-0.1, -0.05) is 12.1 Å². The van der Waals surface area contributed by atoms with Crippen LogP contribution in [0, 0.1) is 0 Å². The molecule has 2 atom stereocenters. The summed E-state index contributed by atoms with van der Waals surface area (Å²) in [6.45, 7) is 2.44. The second-order valence-corrected chi connectivity index (χ2v) is 9.70. The van der Waals surface area contributed by atoms with Crippen LogP contribution in [-0.2, 0) is 12.7 Å². The lowest BCUT2D eigenvalue weighted by atomic mass is 10.1. The summed E-state index contributed by atoms with van der Waals surface area (Å²) in [5.41, 5.74) is 0.505. The Morgan fingerprint density at radius 1 is 1.05 bits per heavy atom. The van der Waals surface area contributed by atoms with Gasteiger partial charge in [0.1, 0.15) is 23.1 Å². The van der Waals surface area contributed by atoms with Crippen molar-refractivity contribution in [3.63, 3.8) is 0 Å². The lowest BCUT2D eigenvalue weighted by Crippen LogP contribution is -2.30. The third-order valence-electron chi connectivity index (χ3n) is 7.20. The molecule has 3 aromatic heterocycles. The zero-order chi connectivity index (χ0) is 26.9. The average Bonchev–Trinajstić information content (AvgIpc) is 3.49. The lowest BCUT2D eigenvalue weighted by Gasteiger charge is -2.19. The molecule has 10 nitrogen and oxygen atoms in total. The van der Waals surface area contributed by atoms with Gasteiger partial charge in [0, 0.05) is 43.2 Å². The Morgan fingerprint density at radius 2 is 1.87 bits per heavy atom. The standard InChI is InChI=1S/C26H20F3N7O3/c27-26(28,29)14-10-30-23(31-11-14)13-8-18-22-19(9-13)39-15-4-5-35(12-15)6-7-36-25(38)17-3-1-2-16(20(17)34-36)21(33-22)24(37)32-18/h1-3,8-11,15,34H,4-7,12H2,(H,32,37)/t15-/m0/s1. The molecule has 0 radical (unpaired) electrons. The second-order valence-electron chi connectivity index (χ2n) is 9.70. The van der Waals surface area contributed by atoms with E-state index in [4.69, 9.17) is 9.72 Å². The van der Waals surface area contributed by atoms with Crippen LogP contribution in [0.4, 0.5) is 13.2 Å². The van der Waals surface area contributed by atoms with E-state index in [1.165, 1.54) is 0 Å². The van der Waals surface area contributed by atoms with E-state index in [1.54, 1.807) is 35.0 Å². The van der Waals surface area contributed by atoms with E-state index in [2.05, 4.69) is 25.0 Å². The van der Waals surface area contributed by atoms with Gasteiger partial charge in [-0.05, 0) is 24.6 Å². The molecule has 0 amide bonds. The number of aromatic nitrogens is 6. The fourth-order valence-corrected chi connectivity index (χ4v) is 5.24. The number of nitrogens with one attached hydrogen (secondary N) is 2. The Labute approximate surface area is 217 Å². The van der Waals surface area contributed by atoms with Crippen molar-refractivity contribution in [3.05, 3.63) is 69.0 Å². The summed E-state index contributed by atoms with van der Waals surface area (Å²) in [6.07, 6.45) is -2.60. The smallest absolute Gasteiger partial charge is 0.419 e. The number of nitrogens with zero attached hydrogens (tertiary/aromatic N) is 5. The van der Waals surface area contributed by atoms with Crippen LogP contribution in [0.15, 0.2) is 52.3 Å². The molecule has 2 aliphatic heterocycles. The molecule has 1 unspecified atom stereocenters. The molecule has 198 valence electrons.